The van der Waals surface area contributed by atoms with Crippen LogP contribution in [0.15, 0.2) is 0 Å². The van der Waals surface area contributed by atoms with Crippen LogP contribution in [-0.4, -0.2) is 55.1 Å². The van der Waals surface area contributed by atoms with Gasteiger partial charge in [-0.25, -0.2) is 4.39 Å². The summed E-state index contributed by atoms with van der Waals surface area (Å²) in [6.07, 6.45) is 9.64. The van der Waals surface area contributed by atoms with E-state index in [0.29, 0.717) is 50.7 Å². The van der Waals surface area contributed by atoms with Crippen LogP contribution < -0.4 is 10.6 Å². The topological polar surface area (TPSA) is 61.4 Å². The van der Waals surface area contributed by atoms with Crippen molar-refractivity contribution in [1.29, 1.82) is 0 Å². The fraction of sp³-hybridized carbons (Fsp3) is 0.913. The third-order valence-corrected chi connectivity index (χ3v) is 8.06. The minimum atomic E-state index is -0.725. The van der Waals surface area contributed by atoms with E-state index in [1.54, 1.807) is 0 Å². The van der Waals surface area contributed by atoms with Gasteiger partial charge < -0.3 is 15.5 Å². The molecule has 0 radical (unpaired) electrons. The molecule has 0 spiro atoms. The average molecular weight is 408 g/mol. The highest BCUT2D eigenvalue weighted by Gasteiger charge is 2.37. The summed E-state index contributed by atoms with van der Waals surface area (Å²) in [6, 6.07) is 0.714. The number of piperidine rings is 1. The first-order valence-corrected chi connectivity index (χ1v) is 12.1. The molecule has 2 heterocycles. The van der Waals surface area contributed by atoms with E-state index in [-0.39, 0.29) is 23.7 Å². The van der Waals surface area contributed by atoms with E-state index in [0.717, 1.165) is 38.3 Å². The van der Waals surface area contributed by atoms with Crippen LogP contribution >= 0.6 is 0 Å². The Balaban J connectivity index is 1.14. The molecule has 2 aliphatic heterocycles. The van der Waals surface area contributed by atoms with Gasteiger partial charge in [-0.2, -0.15) is 0 Å². The molecule has 2 amide bonds. The predicted molar refractivity (Wildman–Crippen MR) is 111 cm³/mol. The Kier molecular flexibility index (Phi) is 7.09. The molecule has 0 aromatic carbocycles. The Morgan fingerprint density at radius 1 is 0.931 bits per heavy atom. The second-order valence-corrected chi connectivity index (χ2v) is 9.85. The van der Waals surface area contributed by atoms with Crippen LogP contribution in [0.25, 0.3) is 0 Å². The van der Waals surface area contributed by atoms with E-state index in [1.807, 2.05) is 4.90 Å². The van der Waals surface area contributed by atoms with Crippen molar-refractivity contribution in [3.63, 3.8) is 0 Å². The number of fused-ring (bicyclic) bond motifs is 1. The summed E-state index contributed by atoms with van der Waals surface area (Å²) in [5.74, 6) is 1.90. The molecule has 0 aromatic rings. The Hall–Kier alpha value is -1.17. The highest BCUT2D eigenvalue weighted by atomic mass is 19.1. The smallest absolute Gasteiger partial charge is 0.225 e. The van der Waals surface area contributed by atoms with Crippen molar-refractivity contribution in [2.75, 3.05) is 26.2 Å². The number of carbonyl (C=O) groups excluding carboxylic acids is 2. The zero-order chi connectivity index (χ0) is 20.2. The molecule has 0 bridgehead atoms. The average Bonchev–Trinajstić information content (AvgIpc) is 3.17. The van der Waals surface area contributed by atoms with Crippen molar-refractivity contribution in [2.24, 2.45) is 23.7 Å². The summed E-state index contributed by atoms with van der Waals surface area (Å²) >= 11 is 0. The van der Waals surface area contributed by atoms with E-state index in [9.17, 15) is 14.0 Å². The summed E-state index contributed by atoms with van der Waals surface area (Å²) in [5, 5.41) is 6.86. The summed E-state index contributed by atoms with van der Waals surface area (Å²) < 4.78 is 13.3. The van der Waals surface area contributed by atoms with Crippen LogP contribution in [-0.2, 0) is 9.59 Å². The third-order valence-electron chi connectivity index (χ3n) is 8.06. The molecule has 29 heavy (non-hydrogen) atoms. The Labute approximate surface area is 174 Å². The number of hydrogen-bond acceptors (Lipinski definition) is 3. The lowest BCUT2D eigenvalue weighted by molar-refractivity contribution is -0.140. The monoisotopic (exact) mass is 407 g/mol. The summed E-state index contributed by atoms with van der Waals surface area (Å²) in [6.45, 7) is 3.22. The molecule has 3 unspecified atom stereocenters. The predicted octanol–water partition coefficient (Wildman–Crippen LogP) is 3.04. The van der Waals surface area contributed by atoms with E-state index in [1.165, 1.54) is 25.7 Å². The van der Waals surface area contributed by atoms with Crippen molar-refractivity contribution in [3.05, 3.63) is 0 Å². The molecule has 4 aliphatic rings. The van der Waals surface area contributed by atoms with Crippen LogP contribution in [0, 0.1) is 23.7 Å². The SMILES string of the molecule is O=C(NCCC1CNC2CCCCC12)C1CCN(C(=O)C2CCC(F)CC2)CC1. The fourth-order valence-electron chi connectivity index (χ4n) is 6.19. The van der Waals surface area contributed by atoms with Crippen LogP contribution in [0.3, 0.4) is 0 Å². The van der Waals surface area contributed by atoms with E-state index in [2.05, 4.69) is 10.6 Å². The molecule has 5 nitrogen and oxygen atoms in total. The first-order valence-electron chi connectivity index (χ1n) is 12.1. The van der Waals surface area contributed by atoms with Gasteiger partial charge in [0.1, 0.15) is 6.17 Å². The van der Waals surface area contributed by atoms with E-state index >= 15 is 0 Å². The molecule has 0 aromatic heterocycles. The van der Waals surface area contributed by atoms with Crippen LogP contribution in [0.4, 0.5) is 4.39 Å². The quantitative estimate of drug-likeness (QED) is 0.736. The molecule has 4 rings (SSSR count). The van der Waals surface area contributed by atoms with Crippen LogP contribution in [0.5, 0.6) is 0 Å². The first-order chi connectivity index (χ1) is 14.1. The Morgan fingerprint density at radius 2 is 1.66 bits per heavy atom. The minimum absolute atomic E-state index is 0.00369. The van der Waals surface area contributed by atoms with Gasteiger partial charge in [0.2, 0.25) is 11.8 Å². The maximum atomic E-state index is 13.3. The van der Waals surface area contributed by atoms with Gasteiger partial charge in [-0.05, 0) is 76.2 Å². The van der Waals surface area contributed by atoms with Crippen molar-refractivity contribution in [1.82, 2.24) is 15.5 Å². The van der Waals surface area contributed by atoms with Gasteiger partial charge in [-0.1, -0.05) is 12.8 Å². The number of alkyl halides is 1. The van der Waals surface area contributed by atoms with Crippen molar-refractivity contribution < 1.29 is 14.0 Å². The van der Waals surface area contributed by atoms with Crippen molar-refractivity contribution in [2.45, 2.75) is 82.8 Å². The highest BCUT2D eigenvalue weighted by molar-refractivity contribution is 5.81. The molecule has 2 saturated carbocycles. The second kappa shape index (κ2) is 9.76. The normalized spacial score (nSPS) is 35.9. The highest BCUT2D eigenvalue weighted by Crippen LogP contribution is 2.36. The zero-order valence-electron chi connectivity index (χ0n) is 17.7. The lowest BCUT2D eigenvalue weighted by Gasteiger charge is -2.35. The van der Waals surface area contributed by atoms with E-state index in [4.69, 9.17) is 0 Å². The van der Waals surface area contributed by atoms with Gasteiger partial charge in [-0.15, -0.1) is 0 Å². The fourth-order valence-corrected chi connectivity index (χ4v) is 6.19. The zero-order valence-corrected chi connectivity index (χ0v) is 17.7. The number of amides is 2. The summed E-state index contributed by atoms with van der Waals surface area (Å²) in [4.78, 5) is 27.2. The van der Waals surface area contributed by atoms with Crippen molar-refractivity contribution >= 4 is 11.8 Å². The number of hydrogen-bond donors (Lipinski definition) is 2. The van der Waals surface area contributed by atoms with Gasteiger partial charge in [0.15, 0.2) is 0 Å². The molecule has 2 aliphatic carbocycles. The summed E-state index contributed by atoms with van der Waals surface area (Å²) in [7, 11) is 0. The Bertz CT molecular complexity index is 570. The number of likely N-dealkylation sites (tertiary alicyclic amines) is 1. The Morgan fingerprint density at radius 3 is 2.41 bits per heavy atom. The molecular formula is C23H38FN3O2. The van der Waals surface area contributed by atoms with Gasteiger partial charge in [-0.3, -0.25) is 9.59 Å². The number of carbonyl (C=O) groups is 2. The largest absolute Gasteiger partial charge is 0.356 e. The van der Waals surface area contributed by atoms with Gasteiger partial charge >= 0.3 is 0 Å². The molecule has 6 heteroatoms. The van der Waals surface area contributed by atoms with Crippen LogP contribution in [0.1, 0.15) is 70.6 Å². The van der Waals surface area contributed by atoms with E-state index < -0.39 is 6.17 Å². The lowest BCUT2D eigenvalue weighted by Crippen LogP contribution is -2.45. The molecule has 2 N–H and O–H groups in total. The molecule has 2 saturated heterocycles. The molecule has 3 atom stereocenters. The van der Waals surface area contributed by atoms with Crippen LogP contribution in [0.2, 0.25) is 0 Å². The molecule has 164 valence electrons. The maximum absolute atomic E-state index is 13.3. The number of nitrogens with one attached hydrogen (secondary N) is 2. The van der Waals surface area contributed by atoms with Crippen molar-refractivity contribution in [3.8, 4) is 0 Å². The summed E-state index contributed by atoms with van der Waals surface area (Å²) in [5.41, 5.74) is 0. The molecular weight excluding hydrogens is 369 g/mol. The lowest BCUT2D eigenvalue weighted by atomic mass is 9.79. The van der Waals surface area contributed by atoms with Gasteiger partial charge in [0, 0.05) is 37.5 Å². The third kappa shape index (κ3) is 5.12. The first kappa shape index (κ1) is 21.1. The maximum Gasteiger partial charge on any atom is 0.225 e. The number of halogens is 1. The second-order valence-electron chi connectivity index (χ2n) is 9.85. The molecule has 4 fully saturated rings. The van der Waals surface area contributed by atoms with Gasteiger partial charge in [0.05, 0.1) is 0 Å². The van der Waals surface area contributed by atoms with Gasteiger partial charge in [0.25, 0.3) is 0 Å². The number of nitrogens with zero attached hydrogens (tertiary/aromatic N) is 1. The minimum Gasteiger partial charge on any atom is -0.356 e. The standard InChI is InChI=1S/C23H38FN3O2/c24-19-7-5-17(6-8-19)23(29)27-13-10-16(11-14-27)22(28)25-12-9-18-15-26-21-4-2-1-3-20(18)21/h16-21,26H,1-15H2,(H,25,28). The number of rotatable bonds is 5.